The molecule has 7 heteroatoms. The van der Waals surface area contributed by atoms with Crippen LogP contribution < -0.4 is 14.4 Å². The molecule has 7 nitrogen and oxygen atoms in total. The molecule has 0 N–H and O–H groups in total. The Balaban J connectivity index is 1.70. The number of hydrogen-bond donors (Lipinski definition) is 0. The lowest BCUT2D eigenvalue weighted by molar-refractivity contribution is 0.00695. The Kier molecular flexibility index (Phi) is 6.58. The number of anilines is 2. The monoisotopic (exact) mass is 450 g/mol. The smallest absolute Gasteiger partial charge is 0.338 e. The van der Waals surface area contributed by atoms with Crippen molar-refractivity contribution in [1.82, 2.24) is 4.98 Å². The van der Waals surface area contributed by atoms with Gasteiger partial charge < -0.3 is 23.5 Å². The van der Waals surface area contributed by atoms with Crippen LogP contribution >= 0.6 is 0 Å². The summed E-state index contributed by atoms with van der Waals surface area (Å²) in [5, 5.41) is 0. The Labute approximate surface area is 194 Å². The van der Waals surface area contributed by atoms with Gasteiger partial charge >= 0.3 is 5.97 Å². The van der Waals surface area contributed by atoms with Crippen molar-refractivity contribution in [3.05, 3.63) is 66.4 Å². The van der Waals surface area contributed by atoms with Gasteiger partial charge in [0.1, 0.15) is 11.4 Å². The van der Waals surface area contributed by atoms with Crippen LogP contribution in [-0.4, -0.2) is 29.8 Å². The van der Waals surface area contributed by atoms with Crippen molar-refractivity contribution >= 4 is 17.3 Å². The zero-order valence-electron chi connectivity index (χ0n) is 19.5. The van der Waals surface area contributed by atoms with Gasteiger partial charge in [0.05, 0.1) is 31.5 Å². The van der Waals surface area contributed by atoms with Gasteiger partial charge in [-0.05, 0) is 70.4 Å². The summed E-state index contributed by atoms with van der Waals surface area (Å²) in [7, 11) is 1.64. The maximum Gasteiger partial charge on any atom is 0.338 e. The van der Waals surface area contributed by atoms with Crippen molar-refractivity contribution in [2.45, 2.75) is 58.3 Å². The van der Waals surface area contributed by atoms with E-state index in [0.717, 1.165) is 24.2 Å². The summed E-state index contributed by atoms with van der Waals surface area (Å²) in [5.74, 6) is 1.71. The average molecular weight is 451 g/mol. The van der Waals surface area contributed by atoms with Crippen molar-refractivity contribution in [3.8, 4) is 11.5 Å². The molecule has 4 rings (SSSR count). The lowest BCUT2D eigenvalue weighted by Gasteiger charge is -2.29. The molecule has 0 saturated heterocycles. The molecular weight excluding hydrogens is 420 g/mol. The predicted octanol–water partition coefficient (Wildman–Crippen LogP) is 5.91. The Morgan fingerprint density at radius 3 is 2.55 bits per heavy atom. The van der Waals surface area contributed by atoms with Gasteiger partial charge in [0.25, 0.3) is 0 Å². The van der Waals surface area contributed by atoms with E-state index in [4.69, 9.17) is 18.6 Å². The molecule has 1 aliphatic rings. The first kappa shape index (κ1) is 22.7. The fourth-order valence-electron chi connectivity index (χ4n) is 3.54. The van der Waals surface area contributed by atoms with Crippen LogP contribution in [0.5, 0.6) is 11.5 Å². The zero-order chi connectivity index (χ0) is 23.4. The van der Waals surface area contributed by atoms with Gasteiger partial charge in [0.15, 0.2) is 17.9 Å². The minimum absolute atomic E-state index is 0.215. The molecule has 2 aromatic carbocycles. The normalized spacial score (nSPS) is 13.8. The van der Waals surface area contributed by atoms with E-state index >= 15 is 0 Å². The summed E-state index contributed by atoms with van der Waals surface area (Å²) in [6.07, 6.45) is 6.58. The molecule has 0 aliphatic heterocycles. The fourth-order valence-corrected chi connectivity index (χ4v) is 3.54. The maximum absolute atomic E-state index is 12.7. The van der Waals surface area contributed by atoms with Gasteiger partial charge in [-0.3, -0.25) is 0 Å². The number of oxazole rings is 1. The van der Waals surface area contributed by atoms with E-state index < -0.39 is 5.60 Å². The SMILES string of the molecule is COc1ccc(N(Cc2cnco2)c2cccc(C(=O)OC(C)(C)C)c2)cc1OC1CCC1. The first-order valence-corrected chi connectivity index (χ1v) is 11.2. The second-order valence-corrected chi connectivity index (χ2v) is 9.11. The summed E-state index contributed by atoms with van der Waals surface area (Å²) in [6, 6.07) is 13.2. The molecule has 1 aliphatic carbocycles. The van der Waals surface area contributed by atoms with Crippen LogP contribution in [0.4, 0.5) is 11.4 Å². The fraction of sp³-hybridized carbons (Fsp3) is 0.385. The van der Waals surface area contributed by atoms with Crippen molar-refractivity contribution in [1.29, 1.82) is 0 Å². The van der Waals surface area contributed by atoms with Crippen LogP contribution in [0.1, 0.15) is 56.2 Å². The lowest BCUT2D eigenvalue weighted by atomic mass is 9.96. The van der Waals surface area contributed by atoms with E-state index in [0.29, 0.717) is 29.4 Å². The highest BCUT2D eigenvalue weighted by Crippen LogP contribution is 2.38. The standard InChI is InChI=1S/C26H30N2O5/c1-26(2,3)33-25(29)18-7-5-8-19(13-18)28(16-22-15-27-17-31-22)20-11-12-23(30-4)24(14-20)32-21-9-6-10-21/h5,7-8,11-15,17,21H,6,9-10,16H2,1-4H3. The molecule has 33 heavy (non-hydrogen) atoms. The van der Waals surface area contributed by atoms with Crippen LogP contribution in [0.3, 0.4) is 0 Å². The molecule has 1 fully saturated rings. The number of aromatic nitrogens is 1. The Morgan fingerprint density at radius 1 is 1.12 bits per heavy atom. The second kappa shape index (κ2) is 9.57. The van der Waals surface area contributed by atoms with Crippen molar-refractivity contribution in [2.24, 2.45) is 0 Å². The number of benzene rings is 2. The number of rotatable bonds is 8. The van der Waals surface area contributed by atoms with Crippen LogP contribution in [0.2, 0.25) is 0 Å². The first-order chi connectivity index (χ1) is 15.8. The topological polar surface area (TPSA) is 74.0 Å². The van der Waals surface area contributed by atoms with E-state index in [9.17, 15) is 4.79 Å². The molecule has 0 amide bonds. The first-order valence-electron chi connectivity index (χ1n) is 11.2. The maximum atomic E-state index is 12.7. The van der Waals surface area contributed by atoms with Gasteiger partial charge in [-0.25, -0.2) is 9.78 Å². The van der Waals surface area contributed by atoms with Crippen LogP contribution in [0.15, 0.2) is 59.5 Å². The average Bonchev–Trinajstić information content (AvgIpc) is 3.27. The van der Waals surface area contributed by atoms with E-state index in [-0.39, 0.29) is 12.1 Å². The number of esters is 1. The Bertz CT molecular complexity index is 1080. The van der Waals surface area contributed by atoms with Crippen LogP contribution in [0.25, 0.3) is 0 Å². The van der Waals surface area contributed by atoms with E-state index in [1.165, 1.54) is 12.8 Å². The largest absolute Gasteiger partial charge is 0.493 e. The van der Waals surface area contributed by atoms with Gasteiger partial charge in [0.2, 0.25) is 0 Å². The van der Waals surface area contributed by atoms with Crippen molar-refractivity contribution in [3.63, 3.8) is 0 Å². The molecule has 0 spiro atoms. The minimum atomic E-state index is -0.573. The Morgan fingerprint density at radius 2 is 1.91 bits per heavy atom. The molecule has 1 heterocycles. The highest BCUT2D eigenvalue weighted by atomic mass is 16.6. The highest BCUT2D eigenvalue weighted by Gasteiger charge is 2.23. The molecule has 174 valence electrons. The molecule has 0 bridgehead atoms. The minimum Gasteiger partial charge on any atom is -0.493 e. The number of hydrogen-bond acceptors (Lipinski definition) is 7. The molecule has 1 saturated carbocycles. The quantitative estimate of drug-likeness (QED) is 0.395. The lowest BCUT2D eigenvalue weighted by Crippen LogP contribution is -2.25. The number of carbonyl (C=O) groups excluding carboxylic acids is 1. The predicted molar refractivity (Wildman–Crippen MR) is 125 cm³/mol. The molecule has 0 radical (unpaired) electrons. The van der Waals surface area contributed by atoms with Gasteiger partial charge in [-0.15, -0.1) is 0 Å². The van der Waals surface area contributed by atoms with E-state index in [1.54, 1.807) is 19.4 Å². The highest BCUT2D eigenvalue weighted by molar-refractivity contribution is 5.91. The third-order valence-corrected chi connectivity index (χ3v) is 5.39. The second-order valence-electron chi connectivity index (χ2n) is 9.11. The van der Waals surface area contributed by atoms with Gasteiger partial charge in [-0.2, -0.15) is 0 Å². The van der Waals surface area contributed by atoms with Crippen molar-refractivity contribution in [2.75, 3.05) is 12.0 Å². The van der Waals surface area contributed by atoms with E-state index in [2.05, 4.69) is 4.98 Å². The number of nitrogens with zero attached hydrogens (tertiary/aromatic N) is 2. The van der Waals surface area contributed by atoms with E-state index in [1.807, 2.05) is 62.1 Å². The van der Waals surface area contributed by atoms with Crippen LogP contribution in [0, 0.1) is 0 Å². The van der Waals surface area contributed by atoms with Crippen molar-refractivity contribution < 1.29 is 23.4 Å². The third kappa shape index (κ3) is 5.66. The zero-order valence-corrected chi connectivity index (χ0v) is 19.5. The third-order valence-electron chi connectivity index (χ3n) is 5.39. The van der Waals surface area contributed by atoms with Gasteiger partial charge in [0, 0.05) is 17.4 Å². The molecule has 0 unspecified atom stereocenters. The van der Waals surface area contributed by atoms with Crippen LogP contribution in [-0.2, 0) is 11.3 Å². The van der Waals surface area contributed by atoms with Gasteiger partial charge in [-0.1, -0.05) is 6.07 Å². The summed E-state index contributed by atoms with van der Waals surface area (Å²) in [4.78, 5) is 18.8. The number of carbonyl (C=O) groups is 1. The molecule has 0 atom stereocenters. The Hall–Kier alpha value is -3.48. The molecule has 1 aromatic heterocycles. The summed E-state index contributed by atoms with van der Waals surface area (Å²) < 4.78 is 22.8. The molecular formula is C26H30N2O5. The summed E-state index contributed by atoms with van der Waals surface area (Å²) >= 11 is 0. The number of ether oxygens (including phenoxy) is 3. The summed E-state index contributed by atoms with van der Waals surface area (Å²) in [5.41, 5.74) is 1.60. The summed E-state index contributed by atoms with van der Waals surface area (Å²) in [6.45, 7) is 5.98. The number of methoxy groups -OCH3 is 1. The molecule has 3 aromatic rings.